The van der Waals surface area contributed by atoms with Crippen molar-refractivity contribution in [3.05, 3.63) is 168 Å². The number of hydrogen-bond acceptors (Lipinski definition) is 1. The zero-order valence-electron chi connectivity index (χ0n) is 19.9. The van der Waals surface area contributed by atoms with E-state index in [1.807, 2.05) is 66.7 Å². The Hall–Kier alpha value is -4.26. The summed E-state index contributed by atoms with van der Waals surface area (Å²) in [5.74, 6) is -0.120. The van der Waals surface area contributed by atoms with Crippen LogP contribution in [0.3, 0.4) is 0 Å². The maximum Gasteiger partial charge on any atom is 0.258 e. The highest BCUT2D eigenvalue weighted by Gasteiger charge is 2.50. The van der Waals surface area contributed by atoms with Crippen molar-refractivity contribution in [2.75, 3.05) is 0 Å². The second kappa shape index (κ2) is 11.0. The summed E-state index contributed by atoms with van der Waals surface area (Å²) < 4.78 is 0. The molecule has 0 aliphatic carbocycles. The van der Waals surface area contributed by atoms with Crippen LogP contribution in [-0.4, -0.2) is 5.91 Å². The molecule has 1 amide bonds. The quantitative estimate of drug-likeness (QED) is 0.266. The van der Waals surface area contributed by atoms with Gasteiger partial charge in [0.05, 0.1) is 0 Å². The maximum atomic E-state index is 13.7. The zero-order chi connectivity index (χ0) is 24.6. The molecular formula is C33H27NOP+. The van der Waals surface area contributed by atoms with E-state index in [4.69, 9.17) is 0 Å². The van der Waals surface area contributed by atoms with Gasteiger partial charge in [0.1, 0.15) is 15.9 Å². The van der Waals surface area contributed by atoms with E-state index in [0.717, 1.165) is 11.0 Å². The highest BCUT2D eigenvalue weighted by Crippen LogP contribution is 2.61. The minimum absolute atomic E-state index is 0.120. The summed E-state index contributed by atoms with van der Waals surface area (Å²) in [6.07, 6.45) is 2.14. The molecule has 0 unspecified atom stereocenters. The third kappa shape index (κ3) is 4.77. The second-order valence-corrected chi connectivity index (χ2v) is 11.8. The van der Waals surface area contributed by atoms with Crippen molar-refractivity contribution in [3.63, 3.8) is 0 Å². The average Bonchev–Trinajstić information content (AvgIpc) is 2.96. The Morgan fingerprint density at radius 3 is 1.28 bits per heavy atom. The van der Waals surface area contributed by atoms with E-state index in [0.29, 0.717) is 5.56 Å². The number of carbonyl (C=O) groups is 1. The zero-order valence-corrected chi connectivity index (χ0v) is 20.8. The molecule has 0 atom stereocenters. The molecule has 1 N–H and O–H groups in total. The standard InChI is InChI=1S/C33H26NOP/c35-33(28-18-8-2-9-19-28)34-32(26-27-16-6-1-7-17-27)36(29-20-10-3-11-21-29,30-22-12-4-13-23-30)31-24-14-5-15-25-31/h1-26H/p+1/b32-26+. The molecule has 0 spiro atoms. The van der Waals surface area contributed by atoms with Gasteiger partial charge >= 0.3 is 0 Å². The first kappa shape index (κ1) is 23.5. The Bertz CT molecular complexity index is 1340. The average molecular weight is 485 g/mol. The van der Waals surface area contributed by atoms with Crippen molar-refractivity contribution >= 4 is 35.2 Å². The van der Waals surface area contributed by atoms with Gasteiger partial charge in [-0.15, -0.1) is 0 Å². The van der Waals surface area contributed by atoms with Crippen LogP contribution in [-0.2, 0) is 0 Å². The molecule has 0 radical (unpaired) electrons. The van der Waals surface area contributed by atoms with Gasteiger partial charge in [-0.1, -0.05) is 103 Å². The van der Waals surface area contributed by atoms with Crippen LogP contribution in [0.2, 0.25) is 0 Å². The lowest BCUT2D eigenvalue weighted by molar-refractivity contribution is 0.0969. The van der Waals surface area contributed by atoms with Gasteiger partial charge in [-0.05, 0) is 54.1 Å². The van der Waals surface area contributed by atoms with Crippen LogP contribution in [0.1, 0.15) is 15.9 Å². The summed E-state index contributed by atoms with van der Waals surface area (Å²) in [4.78, 5) is 13.7. The van der Waals surface area contributed by atoms with E-state index in [-0.39, 0.29) is 5.91 Å². The first-order valence-corrected chi connectivity index (χ1v) is 13.8. The fourth-order valence-corrected chi connectivity index (χ4v) is 8.72. The smallest absolute Gasteiger partial charge is 0.258 e. The summed E-state index contributed by atoms with van der Waals surface area (Å²) in [5, 5.41) is 6.93. The van der Waals surface area contributed by atoms with E-state index >= 15 is 0 Å². The molecule has 5 aromatic carbocycles. The van der Waals surface area contributed by atoms with Gasteiger partial charge < -0.3 is 0 Å². The van der Waals surface area contributed by atoms with Crippen LogP contribution >= 0.6 is 7.26 Å². The highest BCUT2D eigenvalue weighted by molar-refractivity contribution is 7.99. The van der Waals surface area contributed by atoms with Crippen molar-refractivity contribution < 1.29 is 4.79 Å². The van der Waals surface area contributed by atoms with Crippen molar-refractivity contribution in [2.45, 2.75) is 0 Å². The summed E-state index contributed by atoms with van der Waals surface area (Å²) in [5.41, 5.74) is 2.56. The SMILES string of the molecule is O=C(N/C(=C\c1ccccc1)[P+](c1ccccc1)(c1ccccc1)c1ccccc1)c1ccccc1. The number of amides is 1. The molecule has 0 heterocycles. The summed E-state index contributed by atoms with van der Waals surface area (Å²) in [7, 11) is -2.47. The molecule has 3 heteroatoms. The van der Waals surface area contributed by atoms with Crippen molar-refractivity contribution in [1.82, 2.24) is 5.32 Å². The maximum absolute atomic E-state index is 13.7. The number of benzene rings is 5. The van der Waals surface area contributed by atoms with Gasteiger partial charge in [-0.25, -0.2) is 0 Å². The normalized spacial score (nSPS) is 11.6. The van der Waals surface area contributed by atoms with Gasteiger partial charge in [-0.3, -0.25) is 10.1 Å². The monoisotopic (exact) mass is 484 g/mol. The lowest BCUT2D eigenvalue weighted by atomic mass is 10.2. The fraction of sp³-hybridized carbons (Fsp3) is 0. The third-order valence-electron chi connectivity index (χ3n) is 6.17. The van der Waals surface area contributed by atoms with Crippen molar-refractivity contribution in [2.24, 2.45) is 0 Å². The largest absolute Gasteiger partial charge is 0.292 e. The Morgan fingerprint density at radius 1 is 0.500 bits per heavy atom. The molecule has 36 heavy (non-hydrogen) atoms. The molecule has 0 aliphatic heterocycles. The van der Waals surface area contributed by atoms with Gasteiger partial charge in [0.2, 0.25) is 0 Å². The van der Waals surface area contributed by atoms with Crippen molar-refractivity contribution in [1.29, 1.82) is 0 Å². The van der Waals surface area contributed by atoms with E-state index in [9.17, 15) is 4.79 Å². The molecule has 0 saturated carbocycles. The lowest BCUT2D eigenvalue weighted by Gasteiger charge is -2.29. The molecule has 2 nitrogen and oxygen atoms in total. The number of hydrogen-bond donors (Lipinski definition) is 1. The van der Waals surface area contributed by atoms with Crippen LogP contribution < -0.4 is 21.2 Å². The molecule has 174 valence electrons. The first-order chi connectivity index (χ1) is 17.8. The van der Waals surface area contributed by atoms with E-state index in [2.05, 4.69) is 96.3 Å². The summed E-state index contributed by atoms with van der Waals surface area (Å²) in [6, 6.07) is 51.3. The van der Waals surface area contributed by atoms with Gasteiger partial charge in [0.25, 0.3) is 5.91 Å². The van der Waals surface area contributed by atoms with Crippen LogP contribution in [0.5, 0.6) is 0 Å². The Labute approximate surface area is 213 Å². The molecule has 0 fully saturated rings. The predicted molar refractivity (Wildman–Crippen MR) is 153 cm³/mol. The number of carbonyl (C=O) groups excluding carboxylic acids is 1. The van der Waals surface area contributed by atoms with Crippen LogP contribution in [0.15, 0.2) is 157 Å². The molecule has 0 bridgehead atoms. The Balaban J connectivity index is 1.83. The summed E-state index contributed by atoms with van der Waals surface area (Å²) in [6.45, 7) is 0. The van der Waals surface area contributed by atoms with E-state index < -0.39 is 7.26 Å². The van der Waals surface area contributed by atoms with E-state index in [1.165, 1.54) is 15.9 Å². The third-order valence-corrected chi connectivity index (χ3v) is 10.4. The molecular weight excluding hydrogens is 457 g/mol. The van der Waals surface area contributed by atoms with Crippen molar-refractivity contribution in [3.8, 4) is 0 Å². The topological polar surface area (TPSA) is 29.1 Å². The Morgan fingerprint density at radius 2 is 0.861 bits per heavy atom. The molecule has 5 aromatic rings. The van der Waals surface area contributed by atoms with Gasteiger partial charge in [-0.2, -0.15) is 0 Å². The number of nitrogens with one attached hydrogen (secondary N) is 1. The minimum atomic E-state index is -2.47. The van der Waals surface area contributed by atoms with Crippen LogP contribution in [0.4, 0.5) is 0 Å². The van der Waals surface area contributed by atoms with Gasteiger partial charge in [0.15, 0.2) is 12.7 Å². The second-order valence-electron chi connectivity index (χ2n) is 8.44. The number of rotatable bonds is 7. The van der Waals surface area contributed by atoms with Crippen LogP contribution in [0.25, 0.3) is 6.08 Å². The first-order valence-electron chi connectivity index (χ1n) is 12.0. The Kier molecular flexibility index (Phi) is 7.17. The molecule has 0 aliphatic rings. The van der Waals surface area contributed by atoms with Gasteiger partial charge in [0, 0.05) is 11.6 Å². The lowest BCUT2D eigenvalue weighted by Crippen LogP contribution is -2.38. The fourth-order valence-electron chi connectivity index (χ4n) is 4.52. The highest BCUT2D eigenvalue weighted by atomic mass is 31.2. The van der Waals surface area contributed by atoms with E-state index in [1.54, 1.807) is 0 Å². The molecule has 0 saturated heterocycles. The minimum Gasteiger partial charge on any atom is -0.292 e. The predicted octanol–water partition coefficient (Wildman–Crippen LogP) is 6.41. The molecule has 5 rings (SSSR count). The molecule has 0 aromatic heterocycles. The van der Waals surface area contributed by atoms with Crippen LogP contribution in [0, 0.1) is 0 Å². The summed E-state index contributed by atoms with van der Waals surface area (Å²) >= 11 is 0.